The molecule has 0 N–H and O–H groups in total. The second-order valence-electron chi connectivity index (χ2n) is 3.66. The monoisotopic (exact) mass is 211 g/mol. The van der Waals surface area contributed by atoms with Gasteiger partial charge in [0.1, 0.15) is 11.3 Å². The predicted octanol–water partition coefficient (Wildman–Crippen LogP) is 3.35. The van der Waals surface area contributed by atoms with Crippen molar-refractivity contribution in [3.05, 3.63) is 47.8 Å². The molecule has 0 aliphatic carbocycles. The molecule has 2 aromatic rings. The summed E-state index contributed by atoms with van der Waals surface area (Å²) in [5, 5.41) is 1.07. The van der Waals surface area contributed by atoms with Gasteiger partial charge in [-0.15, -0.1) is 5.73 Å². The van der Waals surface area contributed by atoms with Crippen LogP contribution in [0, 0.1) is 6.92 Å². The van der Waals surface area contributed by atoms with E-state index in [1.165, 1.54) is 0 Å². The first-order chi connectivity index (χ1) is 7.74. The van der Waals surface area contributed by atoms with Gasteiger partial charge >= 0.3 is 0 Å². The third-order valence-corrected chi connectivity index (χ3v) is 2.40. The molecule has 0 aliphatic heterocycles. The van der Waals surface area contributed by atoms with Crippen LogP contribution in [0.1, 0.15) is 11.1 Å². The van der Waals surface area contributed by atoms with Gasteiger partial charge in [-0.2, -0.15) is 0 Å². The Hall–Kier alpha value is -2.05. The lowest BCUT2D eigenvalue weighted by atomic mass is 10.1. The molecule has 0 amide bonds. The smallest absolute Gasteiger partial charge is 0.145 e. The minimum absolute atomic E-state index is 0.777. The van der Waals surface area contributed by atoms with Crippen molar-refractivity contribution >= 4 is 17.0 Å². The van der Waals surface area contributed by atoms with E-state index in [-0.39, 0.29) is 0 Å². The number of methoxy groups -OCH3 is 1. The van der Waals surface area contributed by atoms with Gasteiger partial charge in [0.25, 0.3) is 0 Å². The van der Waals surface area contributed by atoms with Crippen LogP contribution in [0.15, 0.2) is 36.7 Å². The number of rotatable bonds is 2. The molecule has 0 aliphatic rings. The Morgan fingerprint density at radius 1 is 1.38 bits per heavy atom. The molecule has 0 spiro atoms. The first kappa shape index (κ1) is 10.5. The van der Waals surface area contributed by atoms with Gasteiger partial charge in [0.2, 0.25) is 0 Å². The molecule has 0 saturated carbocycles. The van der Waals surface area contributed by atoms with Crippen molar-refractivity contribution in [1.82, 2.24) is 4.98 Å². The molecular weight excluding hydrogens is 198 g/mol. The number of benzene rings is 1. The lowest BCUT2D eigenvalue weighted by Crippen LogP contribution is -1.89. The molecule has 1 heterocycles. The Bertz CT molecular complexity index is 581. The van der Waals surface area contributed by atoms with E-state index >= 15 is 0 Å². The van der Waals surface area contributed by atoms with Gasteiger partial charge in [-0.25, -0.2) is 0 Å². The normalized spacial score (nSPS) is 9.88. The SMILES string of the molecule is C=C=Cc1cc(OC)c2ncc(C)cc2c1. The summed E-state index contributed by atoms with van der Waals surface area (Å²) in [5.41, 5.74) is 5.80. The number of aromatic nitrogens is 1. The Balaban J connectivity index is 2.78. The van der Waals surface area contributed by atoms with Crippen molar-refractivity contribution in [2.45, 2.75) is 6.92 Å². The zero-order chi connectivity index (χ0) is 11.5. The van der Waals surface area contributed by atoms with Gasteiger partial charge in [-0.3, -0.25) is 4.98 Å². The molecule has 16 heavy (non-hydrogen) atoms. The molecule has 2 rings (SSSR count). The minimum atomic E-state index is 0.777. The maximum Gasteiger partial charge on any atom is 0.145 e. The van der Waals surface area contributed by atoms with Crippen molar-refractivity contribution < 1.29 is 4.74 Å². The summed E-state index contributed by atoms with van der Waals surface area (Å²) in [7, 11) is 1.65. The zero-order valence-electron chi connectivity index (χ0n) is 9.45. The van der Waals surface area contributed by atoms with Gasteiger partial charge in [0.05, 0.1) is 7.11 Å². The first-order valence-corrected chi connectivity index (χ1v) is 5.05. The van der Waals surface area contributed by atoms with E-state index in [0.717, 1.165) is 27.8 Å². The number of hydrogen-bond donors (Lipinski definition) is 0. The molecule has 80 valence electrons. The highest BCUT2D eigenvalue weighted by atomic mass is 16.5. The number of nitrogens with zero attached hydrogens (tertiary/aromatic N) is 1. The molecule has 2 heteroatoms. The molecule has 1 aromatic carbocycles. The highest BCUT2D eigenvalue weighted by molar-refractivity contribution is 5.87. The summed E-state index contributed by atoms with van der Waals surface area (Å²) in [5.74, 6) is 0.777. The molecule has 0 unspecified atom stereocenters. The summed E-state index contributed by atoms with van der Waals surface area (Å²) < 4.78 is 5.32. The van der Waals surface area contributed by atoms with Gasteiger partial charge in [0.15, 0.2) is 0 Å². The van der Waals surface area contributed by atoms with Crippen LogP contribution in [0.4, 0.5) is 0 Å². The maximum absolute atomic E-state index is 5.32. The van der Waals surface area contributed by atoms with E-state index in [1.807, 2.05) is 25.3 Å². The number of aryl methyl sites for hydroxylation is 1. The third-order valence-electron chi connectivity index (χ3n) is 2.40. The van der Waals surface area contributed by atoms with Crippen LogP contribution in [0.3, 0.4) is 0 Å². The second-order valence-corrected chi connectivity index (χ2v) is 3.66. The van der Waals surface area contributed by atoms with Crippen LogP contribution in [0.2, 0.25) is 0 Å². The number of fused-ring (bicyclic) bond motifs is 1. The fourth-order valence-corrected chi connectivity index (χ4v) is 1.71. The lowest BCUT2D eigenvalue weighted by molar-refractivity contribution is 0.419. The van der Waals surface area contributed by atoms with E-state index in [0.29, 0.717) is 0 Å². The van der Waals surface area contributed by atoms with E-state index in [4.69, 9.17) is 4.74 Å². The lowest BCUT2D eigenvalue weighted by Gasteiger charge is -2.06. The van der Waals surface area contributed by atoms with Crippen LogP contribution in [0.25, 0.3) is 17.0 Å². The van der Waals surface area contributed by atoms with Crippen molar-refractivity contribution in [1.29, 1.82) is 0 Å². The maximum atomic E-state index is 5.32. The average Bonchev–Trinajstić information content (AvgIpc) is 2.27. The fourth-order valence-electron chi connectivity index (χ4n) is 1.71. The van der Waals surface area contributed by atoms with Crippen LogP contribution < -0.4 is 4.74 Å². The van der Waals surface area contributed by atoms with E-state index in [1.54, 1.807) is 7.11 Å². The molecule has 0 bridgehead atoms. The molecule has 0 radical (unpaired) electrons. The Morgan fingerprint density at radius 3 is 2.88 bits per heavy atom. The Morgan fingerprint density at radius 2 is 2.19 bits per heavy atom. The van der Waals surface area contributed by atoms with Gasteiger partial charge in [-0.1, -0.05) is 6.58 Å². The molecule has 0 saturated heterocycles. The summed E-state index contributed by atoms with van der Waals surface area (Å²) in [6.45, 7) is 5.59. The highest BCUT2D eigenvalue weighted by Crippen LogP contribution is 2.26. The summed E-state index contributed by atoms with van der Waals surface area (Å²) in [6, 6.07) is 6.07. The highest BCUT2D eigenvalue weighted by Gasteiger charge is 2.04. The van der Waals surface area contributed by atoms with Gasteiger partial charge in [-0.05, 0) is 42.3 Å². The third kappa shape index (κ3) is 1.83. The number of hydrogen-bond acceptors (Lipinski definition) is 2. The summed E-state index contributed by atoms with van der Waals surface area (Å²) in [4.78, 5) is 4.38. The summed E-state index contributed by atoms with van der Waals surface area (Å²) in [6.07, 6.45) is 3.66. The standard InChI is InChI=1S/C14H13NO/c1-4-5-11-7-12-6-10(2)9-15-14(12)13(8-11)16-3/h5-9H,1H2,2-3H3. The summed E-state index contributed by atoms with van der Waals surface area (Å²) >= 11 is 0. The van der Waals surface area contributed by atoms with E-state index < -0.39 is 0 Å². The van der Waals surface area contributed by atoms with Gasteiger partial charge in [0, 0.05) is 11.6 Å². The Labute approximate surface area is 94.9 Å². The molecule has 0 fully saturated rings. The zero-order valence-corrected chi connectivity index (χ0v) is 9.45. The Kier molecular flexibility index (Phi) is 2.76. The second kappa shape index (κ2) is 4.21. The quantitative estimate of drug-likeness (QED) is 0.711. The van der Waals surface area contributed by atoms with Crippen molar-refractivity contribution in [3.8, 4) is 5.75 Å². The van der Waals surface area contributed by atoms with Crippen LogP contribution in [-0.2, 0) is 0 Å². The van der Waals surface area contributed by atoms with E-state index in [9.17, 15) is 0 Å². The van der Waals surface area contributed by atoms with Gasteiger partial charge < -0.3 is 4.74 Å². The number of pyridine rings is 1. The van der Waals surface area contributed by atoms with Crippen molar-refractivity contribution in [3.63, 3.8) is 0 Å². The largest absolute Gasteiger partial charge is 0.494 e. The van der Waals surface area contributed by atoms with Crippen molar-refractivity contribution in [2.75, 3.05) is 7.11 Å². The molecule has 1 aromatic heterocycles. The fraction of sp³-hybridized carbons (Fsp3) is 0.143. The van der Waals surface area contributed by atoms with Crippen molar-refractivity contribution in [2.24, 2.45) is 0 Å². The minimum Gasteiger partial charge on any atom is -0.494 e. The van der Waals surface area contributed by atoms with Crippen LogP contribution in [-0.4, -0.2) is 12.1 Å². The molecular formula is C14H13NO. The molecule has 0 atom stereocenters. The predicted molar refractivity (Wildman–Crippen MR) is 66.6 cm³/mol. The topological polar surface area (TPSA) is 22.1 Å². The number of ether oxygens (including phenoxy) is 1. The molecule has 2 nitrogen and oxygen atoms in total. The van der Waals surface area contributed by atoms with Crippen LogP contribution >= 0.6 is 0 Å². The van der Waals surface area contributed by atoms with E-state index in [2.05, 4.69) is 29.4 Å². The van der Waals surface area contributed by atoms with Crippen LogP contribution in [0.5, 0.6) is 5.75 Å². The first-order valence-electron chi connectivity index (χ1n) is 5.05. The average molecular weight is 211 g/mol.